The summed E-state index contributed by atoms with van der Waals surface area (Å²) in [6.07, 6.45) is 3.90. The maximum Gasteiger partial charge on any atom is 0.265 e. The molecule has 2 rings (SSSR count). The average molecular weight is 204 g/mol. The molecule has 0 radical (unpaired) electrons. The number of rotatable bonds is 4. The van der Waals surface area contributed by atoms with Crippen LogP contribution in [0.1, 0.15) is 29.6 Å². The van der Waals surface area contributed by atoms with Crippen molar-refractivity contribution in [3.63, 3.8) is 0 Å². The molecule has 1 aliphatic rings. The lowest BCUT2D eigenvalue weighted by Gasteiger charge is -2.25. The normalized spacial score (nSPS) is 15.7. The number of hydrogen-bond acceptors (Lipinski definition) is 2. The summed E-state index contributed by atoms with van der Waals surface area (Å²) in [5, 5.41) is 0. The molecule has 0 spiro atoms. The quantitative estimate of drug-likeness (QED) is 0.733. The van der Waals surface area contributed by atoms with E-state index in [1.807, 2.05) is 18.2 Å². The maximum absolute atomic E-state index is 11.6. The molecule has 0 unspecified atom stereocenters. The Hall–Kier alpha value is -1.35. The Kier molecular flexibility index (Phi) is 3.35. The van der Waals surface area contributed by atoms with Gasteiger partial charge in [0, 0.05) is 12.1 Å². The molecule has 0 aromatic heterocycles. The van der Waals surface area contributed by atoms with Crippen molar-refractivity contribution >= 4 is 5.91 Å². The van der Waals surface area contributed by atoms with Crippen LogP contribution < -0.4 is 10.9 Å². The predicted molar refractivity (Wildman–Crippen MR) is 59.3 cm³/mol. The van der Waals surface area contributed by atoms with E-state index in [0.717, 1.165) is 12.5 Å². The lowest BCUT2D eigenvalue weighted by atomic mass is 9.86. The van der Waals surface area contributed by atoms with Gasteiger partial charge in [-0.15, -0.1) is 0 Å². The van der Waals surface area contributed by atoms with Crippen LogP contribution in [0.3, 0.4) is 0 Å². The SMILES string of the molecule is O=C(NNCC1CCC1)c1ccccc1. The smallest absolute Gasteiger partial charge is 0.265 e. The highest BCUT2D eigenvalue weighted by atomic mass is 16.2. The van der Waals surface area contributed by atoms with Crippen LogP contribution in [0.4, 0.5) is 0 Å². The molecule has 0 saturated heterocycles. The van der Waals surface area contributed by atoms with E-state index in [1.165, 1.54) is 19.3 Å². The summed E-state index contributed by atoms with van der Waals surface area (Å²) < 4.78 is 0. The third-order valence-electron chi connectivity index (χ3n) is 2.85. The molecule has 80 valence electrons. The predicted octanol–water partition coefficient (Wildman–Crippen LogP) is 1.72. The van der Waals surface area contributed by atoms with Gasteiger partial charge in [0.05, 0.1) is 0 Å². The van der Waals surface area contributed by atoms with Gasteiger partial charge in [0.15, 0.2) is 0 Å². The highest BCUT2D eigenvalue weighted by Gasteiger charge is 2.16. The van der Waals surface area contributed by atoms with Gasteiger partial charge in [-0.05, 0) is 30.9 Å². The molecule has 1 amide bonds. The zero-order valence-electron chi connectivity index (χ0n) is 8.70. The maximum atomic E-state index is 11.6. The molecule has 0 aliphatic heterocycles. The molecule has 1 aliphatic carbocycles. The standard InChI is InChI=1S/C12H16N2O/c15-12(11-7-2-1-3-8-11)14-13-9-10-5-4-6-10/h1-3,7-8,10,13H,4-6,9H2,(H,14,15). The lowest BCUT2D eigenvalue weighted by Crippen LogP contribution is -2.41. The van der Waals surface area contributed by atoms with Crippen molar-refractivity contribution in [1.29, 1.82) is 0 Å². The van der Waals surface area contributed by atoms with Crippen molar-refractivity contribution in [2.45, 2.75) is 19.3 Å². The number of amides is 1. The average Bonchev–Trinajstić information content (AvgIpc) is 2.23. The molecule has 0 atom stereocenters. The number of nitrogens with one attached hydrogen (secondary N) is 2. The Balaban J connectivity index is 1.72. The third-order valence-corrected chi connectivity index (χ3v) is 2.85. The van der Waals surface area contributed by atoms with Crippen LogP contribution in [0, 0.1) is 5.92 Å². The van der Waals surface area contributed by atoms with Gasteiger partial charge >= 0.3 is 0 Å². The Labute approximate surface area is 89.8 Å². The summed E-state index contributed by atoms with van der Waals surface area (Å²) in [5.41, 5.74) is 6.39. The molecule has 1 fully saturated rings. The van der Waals surface area contributed by atoms with E-state index < -0.39 is 0 Å². The monoisotopic (exact) mass is 204 g/mol. The van der Waals surface area contributed by atoms with Crippen LogP contribution in [-0.2, 0) is 0 Å². The molecule has 15 heavy (non-hydrogen) atoms. The first kappa shape index (κ1) is 10.2. The van der Waals surface area contributed by atoms with Gasteiger partial charge in [-0.1, -0.05) is 24.6 Å². The lowest BCUT2D eigenvalue weighted by molar-refractivity contribution is 0.0926. The van der Waals surface area contributed by atoms with Gasteiger partial charge in [-0.2, -0.15) is 0 Å². The van der Waals surface area contributed by atoms with Crippen LogP contribution >= 0.6 is 0 Å². The van der Waals surface area contributed by atoms with Crippen molar-refractivity contribution in [3.05, 3.63) is 35.9 Å². The van der Waals surface area contributed by atoms with Crippen LogP contribution in [0.5, 0.6) is 0 Å². The summed E-state index contributed by atoms with van der Waals surface area (Å²) in [6.45, 7) is 0.887. The Bertz CT molecular complexity index is 320. The number of hydrazine groups is 1. The van der Waals surface area contributed by atoms with Gasteiger partial charge in [0.25, 0.3) is 5.91 Å². The van der Waals surface area contributed by atoms with Crippen molar-refractivity contribution < 1.29 is 4.79 Å². The Morgan fingerprint density at radius 2 is 2.00 bits per heavy atom. The first-order valence-electron chi connectivity index (χ1n) is 5.44. The van der Waals surface area contributed by atoms with Crippen LogP contribution in [0.15, 0.2) is 30.3 Å². The summed E-state index contributed by atoms with van der Waals surface area (Å²) >= 11 is 0. The zero-order chi connectivity index (χ0) is 10.5. The van der Waals surface area contributed by atoms with E-state index in [4.69, 9.17) is 0 Å². The van der Waals surface area contributed by atoms with Crippen molar-refractivity contribution in [3.8, 4) is 0 Å². The van der Waals surface area contributed by atoms with E-state index in [-0.39, 0.29) is 5.91 Å². The van der Waals surface area contributed by atoms with E-state index in [9.17, 15) is 4.79 Å². The second-order valence-electron chi connectivity index (χ2n) is 4.00. The molecule has 3 heteroatoms. The second kappa shape index (κ2) is 4.94. The minimum atomic E-state index is -0.0603. The highest BCUT2D eigenvalue weighted by molar-refractivity contribution is 5.93. The topological polar surface area (TPSA) is 41.1 Å². The fourth-order valence-corrected chi connectivity index (χ4v) is 1.63. The molecular formula is C12H16N2O. The molecule has 1 aromatic rings. The fraction of sp³-hybridized carbons (Fsp3) is 0.417. The highest BCUT2D eigenvalue weighted by Crippen LogP contribution is 2.24. The van der Waals surface area contributed by atoms with Crippen molar-refractivity contribution in [2.24, 2.45) is 5.92 Å². The third kappa shape index (κ3) is 2.80. The van der Waals surface area contributed by atoms with Gasteiger partial charge < -0.3 is 0 Å². The van der Waals surface area contributed by atoms with Gasteiger partial charge in [-0.3, -0.25) is 10.2 Å². The van der Waals surface area contributed by atoms with Crippen molar-refractivity contribution in [2.75, 3.05) is 6.54 Å². The van der Waals surface area contributed by atoms with Gasteiger partial charge in [0.1, 0.15) is 0 Å². The minimum absolute atomic E-state index is 0.0603. The van der Waals surface area contributed by atoms with Crippen LogP contribution in [0.25, 0.3) is 0 Å². The summed E-state index contributed by atoms with van der Waals surface area (Å²) in [5.74, 6) is 0.691. The van der Waals surface area contributed by atoms with E-state index in [2.05, 4.69) is 10.9 Å². The minimum Gasteiger partial charge on any atom is -0.287 e. The largest absolute Gasteiger partial charge is 0.287 e. The molecule has 1 aromatic carbocycles. The Morgan fingerprint density at radius 3 is 2.60 bits per heavy atom. The molecule has 0 heterocycles. The first-order valence-corrected chi connectivity index (χ1v) is 5.44. The fourth-order valence-electron chi connectivity index (χ4n) is 1.63. The van der Waals surface area contributed by atoms with E-state index >= 15 is 0 Å². The van der Waals surface area contributed by atoms with Crippen molar-refractivity contribution in [1.82, 2.24) is 10.9 Å². The molecular weight excluding hydrogens is 188 g/mol. The zero-order valence-corrected chi connectivity index (χ0v) is 8.70. The van der Waals surface area contributed by atoms with E-state index in [1.54, 1.807) is 12.1 Å². The first-order chi connectivity index (χ1) is 7.36. The van der Waals surface area contributed by atoms with Crippen LogP contribution in [0.2, 0.25) is 0 Å². The summed E-state index contributed by atoms with van der Waals surface area (Å²) in [6, 6.07) is 9.24. The van der Waals surface area contributed by atoms with E-state index in [0.29, 0.717) is 5.56 Å². The molecule has 1 saturated carbocycles. The number of benzene rings is 1. The number of hydrogen-bond donors (Lipinski definition) is 2. The molecule has 2 N–H and O–H groups in total. The molecule has 3 nitrogen and oxygen atoms in total. The van der Waals surface area contributed by atoms with Crippen LogP contribution in [-0.4, -0.2) is 12.5 Å². The second-order valence-corrected chi connectivity index (χ2v) is 4.00. The number of carbonyl (C=O) groups excluding carboxylic acids is 1. The number of carbonyl (C=O) groups is 1. The van der Waals surface area contributed by atoms with Gasteiger partial charge in [-0.25, -0.2) is 5.43 Å². The van der Waals surface area contributed by atoms with Gasteiger partial charge in [0.2, 0.25) is 0 Å². The Morgan fingerprint density at radius 1 is 1.27 bits per heavy atom. The molecule has 0 bridgehead atoms. The summed E-state index contributed by atoms with van der Waals surface area (Å²) in [7, 11) is 0. The summed E-state index contributed by atoms with van der Waals surface area (Å²) in [4.78, 5) is 11.6.